The standard InChI is InChI=1S/C15H12F2O/c1-10(18)15(11-5-7-13(16)8-6-11)12-3-2-4-14(17)9-12/h2-9,15H,1H3. The van der Waals surface area contributed by atoms with Crippen LogP contribution >= 0.6 is 0 Å². The molecule has 1 nitrogen and oxygen atoms in total. The van der Waals surface area contributed by atoms with Gasteiger partial charge in [0.1, 0.15) is 17.4 Å². The summed E-state index contributed by atoms with van der Waals surface area (Å²) in [5.74, 6) is -1.41. The Morgan fingerprint density at radius 3 is 2.17 bits per heavy atom. The number of halogens is 2. The summed E-state index contributed by atoms with van der Waals surface area (Å²) in [5.41, 5.74) is 1.24. The largest absolute Gasteiger partial charge is 0.299 e. The Bertz CT molecular complexity index is 561. The van der Waals surface area contributed by atoms with Crippen molar-refractivity contribution in [2.45, 2.75) is 12.8 Å². The first-order valence-electron chi connectivity index (χ1n) is 5.59. The van der Waals surface area contributed by atoms with Crippen LogP contribution in [0.1, 0.15) is 24.0 Å². The summed E-state index contributed by atoms with van der Waals surface area (Å²) in [6.07, 6.45) is 0. The van der Waals surface area contributed by atoms with Gasteiger partial charge in [-0.25, -0.2) is 8.78 Å². The molecule has 92 valence electrons. The fraction of sp³-hybridized carbons (Fsp3) is 0.133. The van der Waals surface area contributed by atoms with E-state index in [9.17, 15) is 13.6 Å². The van der Waals surface area contributed by atoms with Gasteiger partial charge in [-0.05, 0) is 42.3 Å². The summed E-state index contributed by atoms with van der Waals surface area (Å²) in [6.45, 7) is 1.44. The van der Waals surface area contributed by atoms with Crippen LogP contribution in [0.2, 0.25) is 0 Å². The highest BCUT2D eigenvalue weighted by molar-refractivity contribution is 5.86. The molecule has 0 radical (unpaired) electrons. The average Bonchev–Trinajstić information content (AvgIpc) is 2.32. The molecule has 18 heavy (non-hydrogen) atoms. The van der Waals surface area contributed by atoms with Crippen LogP contribution in [0.25, 0.3) is 0 Å². The Balaban J connectivity index is 2.46. The van der Waals surface area contributed by atoms with Crippen molar-refractivity contribution in [1.29, 1.82) is 0 Å². The third kappa shape index (κ3) is 2.62. The molecule has 0 fully saturated rings. The lowest BCUT2D eigenvalue weighted by molar-refractivity contribution is -0.117. The van der Waals surface area contributed by atoms with Crippen LogP contribution in [0.3, 0.4) is 0 Å². The van der Waals surface area contributed by atoms with Gasteiger partial charge in [-0.2, -0.15) is 0 Å². The number of Topliss-reactive ketones (excluding diaryl/α,β-unsaturated/α-hetero) is 1. The van der Waals surface area contributed by atoms with Gasteiger partial charge in [-0.1, -0.05) is 24.3 Å². The monoisotopic (exact) mass is 246 g/mol. The van der Waals surface area contributed by atoms with Crippen molar-refractivity contribution in [2.24, 2.45) is 0 Å². The second-order valence-electron chi connectivity index (χ2n) is 4.15. The highest BCUT2D eigenvalue weighted by Gasteiger charge is 2.19. The van der Waals surface area contributed by atoms with Crippen LogP contribution in [0, 0.1) is 11.6 Å². The van der Waals surface area contributed by atoms with E-state index in [2.05, 4.69) is 0 Å². The fourth-order valence-electron chi connectivity index (χ4n) is 2.00. The molecule has 0 saturated heterocycles. The van der Waals surface area contributed by atoms with Crippen molar-refractivity contribution >= 4 is 5.78 Å². The van der Waals surface area contributed by atoms with Gasteiger partial charge in [0.2, 0.25) is 0 Å². The minimum absolute atomic E-state index is 0.104. The zero-order valence-electron chi connectivity index (χ0n) is 9.86. The Labute approximate surface area is 104 Å². The molecule has 0 amide bonds. The third-order valence-corrected chi connectivity index (χ3v) is 2.79. The van der Waals surface area contributed by atoms with Crippen LogP contribution in [0.5, 0.6) is 0 Å². The number of hydrogen-bond acceptors (Lipinski definition) is 1. The minimum Gasteiger partial charge on any atom is -0.299 e. The van der Waals surface area contributed by atoms with E-state index in [1.807, 2.05) is 0 Å². The van der Waals surface area contributed by atoms with Gasteiger partial charge in [0.05, 0.1) is 5.92 Å². The molecule has 0 aromatic heterocycles. The second-order valence-corrected chi connectivity index (χ2v) is 4.15. The lowest BCUT2D eigenvalue weighted by atomic mass is 9.88. The molecule has 0 bridgehead atoms. The first-order chi connectivity index (χ1) is 8.58. The van der Waals surface area contributed by atoms with Crippen LogP contribution in [0.15, 0.2) is 48.5 Å². The first kappa shape index (κ1) is 12.4. The molecular weight excluding hydrogens is 234 g/mol. The van der Waals surface area contributed by atoms with Gasteiger partial charge in [0, 0.05) is 0 Å². The highest BCUT2D eigenvalue weighted by Crippen LogP contribution is 2.26. The number of carbonyl (C=O) groups excluding carboxylic acids is 1. The van der Waals surface area contributed by atoms with Crippen LogP contribution < -0.4 is 0 Å². The molecule has 2 aromatic rings. The quantitative estimate of drug-likeness (QED) is 0.807. The zero-order valence-corrected chi connectivity index (χ0v) is 9.86. The molecule has 0 heterocycles. The third-order valence-electron chi connectivity index (χ3n) is 2.79. The molecule has 2 rings (SSSR count). The maximum Gasteiger partial charge on any atom is 0.141 e. The predicted molar refractivity (Wildman–Crippen MR) is 65.3 cm³/mol. The van der Waals surface area contributed by atoms with E-state index in [1.165, 1.54) is 31.2 Å². The van der Waals surface area contributed by atoms with Gasteiger partial charge in [-0.3, -0.25) is 4.79 Å². The first-order valence-corrected chi connectivity index (χ1v) is 5.59. The van der Waals surface area contributed by atoms with Crippen molar-refractivity contribution in [3.8, 4) is 0 Å². The summed E-state index contributed by atoms with van der Waals surface area (Å²) >= 11 is 0. The number of hydrogen-bond donors (Lipinski definition) is 0. The lowest BCUT2D eigenvalue weighted by Crippen LogP contribution is -2.10. The van der Waals surface area contributed by atoms with E-state index in [1.54, 1.807) is 24.3 Å². The molecule has 0 spiro atoms. The maximum absolute atomic E-state index is 13.2. The Morgan fingerprint density at radius 1 is 0.944 bits per heavy atom. The van der Waals surface area contributed by atoms with Crippen LogP contribution in [-0.2, 0) is 4.79 Å². The van der Waals surface area contributed by atoms with Gasteiger partial charge in [0.15, 0.2) is 0 Å². The summed E-state index contributed by atoms with van der Waals surface area (Å²) in [7, 11) is 0. The fourth-order valence-corrected chi connectivity index (χ4v) is 2.00. The smallest absolute Gasteiger partial charge is 0.141 e. The van der Waals surface area contributed by atoms with Crippen LogP contribution in [0.4, 0.5) is 8.78 Å². The topological polar surface area (TPSA) is 17.1 Å². The molecule has 1 unspecified atom stereocenters. The Kier molecular flexibility index (Phi) is 3.51. The maximum atomic E-state index is 13.2. The van der Waals surface area contributed by atoms with Gasteiger partial charge < -0.3 is 0 Å². The van der Waals surface area contributed by atoms with E-state index >= 15 is 0 Å². The minimum atomic E-state index is -0.554. The number of rotatable bonds is 3. The summed E-state index contributed by atoms with van der Waals surface area (Å²) in [4.78, 5) is 11.7. The Hall–Kier alpha value is -2.03. The number of ketones is 1. The number of benzene rings is 2. The lowest BCUT2D eigenvalue weighted by Gasteiger charge is -2.14. The molecule has 0 N–H and O–H groups in total. The van der Waals surface area contributed by atoms with E-state index in [0.717, 1.165) is 0 Å². The molecule has 0 aliphatic heterocycles. The predicted octanol–water partition coefficient (Wildman–Crippen LogP) is 3.69. The summed E-state index contributed by atoms with van der Waals surface area (Å²) in [6, 6.07) is 11.6. The van der Waals surface area contributed by atoms with Gasteiger partial charge in [0.25, 0.3) is 0 Å². The highest BCUT2D eigenvalue weighted by atomic mass is 19.1. The molecule has 1 atom stereocenters. The molecular formula is C15H12F2O. The Morgan fingerprint density at radius 2 is 1.61 bits per heavy atom. The molecule has 2 aromatic carbocycles. The van der Waals surface area contributed by atoms with Crippen molar-refractivity contribution in [2.75, 3.05) is 0 Å². The van der Waals surface area contributed by atoms with E-state index in [0.29, 0.717) is 11.1 Å². The van der Waals surface area contributed by atoms with Crippen molar-refractivity contribution in [3.63, 3.8) is 0 Å². The van der Waals surface area contributed by atoms with Crippen LogP contribution in [-0.4, -0.2) is 5.78 Å². The zero-order chi connectivity index (χ0) is 13.1. The van der Waals surface area contributed by atoms with E-state index in [4.69, 9.17) is 0 Å². The number of carbonyl (C=O) groups is 1. The molecule has 0 saturated carbocycles. The van der Waals surface area contributed by atoms with E-state index < -0.39 is 5.92 Å². The second kappa shape index (κ2) is 5.08. The molecule has 0 aliphatic carbocycles. The molecule has 0 aliphatic rings. The van der Waals surface area contributed by atoms with E-state index in [-0.39, 0.29) is 17.4 Å². The summed E-state index contributed by atoms with van der Waals surface area (Å²) < 4.78 is 26.1. The molecule has 3 heteroatoms. The SMILES string of the molecule is CC(=O)C(c1ccc(F)cc1)c1cccc(F)c1. The normalized spacial score (nSPS) is 12.2. The van der Waals surface area contributed by atoms with Gasteiger partial charge in [-0.15, -0.1) is 0 Å². The summed E-state index contributed by atoms with van der Waals surface area (Å²) in [5, 5.41) is 0. The van der Waals surface area contributed by atoms with Gasteiger partial charge >= 0.3 is 0 Å². The van der Waals surface area contributed by atoms with Crippen molar-refractivity contribution in [3.05, 3.63) is 71.3 Å². The average molecular weight is 246 g/mol. The van der Waals surface area contributed by atoms with Crippen molar-refractivity contribution in [1.82, 2.24) is 0 Å². The van der Waals surface area contributed by atoms with Crippen molar-refractivity contribution < 1.29 is 13.6 Å².